The van der Waals surface area contributed by atoms with Crippen molar-refractivity contribution in [3.63, 3.8) is 0 Å². The Labute approximate surface area is 118 Å². The Morgan fingerprint density at radius 3 is 2.53 bits per heavy atom. The molecule has 0 aliphatic carbocycles. The molecule has 0 unspecified atom stereocenters. The molecule has 0 saturated heterocycles. The van der Waals surface area contributed by atoms with E-state index in [2.05, 4.69) is 0 Å². The maximum atomic E-state index is 10.8. The zero-order valence-electron chi connectivity index (χ0n) is 10.9. The molecule has 0 atom stereocenters. The van der Waals surface area contributed by atoms with E-state index in [0.29, 0.717) is 10.6 Å². The minimum Gasteiger partial charge on any atom is -0.490 e. The minimum absolute atomic E-state index is 0.103. The van der Waals surface area contributed by atoms with Crippen LogP contribution in [0.25, 0.3) is 11.1 Å². The van der Waals surface area contributed by atoms with Crippen molar-refractivity contribution in [1.29, 1.82) is 0 Å². The van der Waals surface area contributed by atoms with Crippen molar-refractivity contribution in [2.45, 2.75) is 20.0 Å². The van der Waals surface area contributed by atoms with Gasteiger partial charge in [0, 0.05) is 11.1 Å². The van der Waals surface area contributed by atoms with Gasteiger partial charge in [-0.1, -0.05) is 35.9 Å². The fourth-order valence-electron chi connectivity index (χ4n) is 1.85. The lowest BCUT2D eigenvalue weighted by Crippen LogP contribution is -2.06. The highest BCUT2D eigenvalue weighted by molar-refractivity contribution is 6.33. The lowest BCUT2D eigenvalue weighted by atomic mass is 10.0. The Hall–Kier alpha value is -1.80. The zero-order chi connectivity index (χ0) is 13.8. The average molecular weight is 275 g/mol. The Bertz CT molecular complexity index is 591. The number of aldehydes is 1. The second-order valence-corrected chi connectivity index (χ2v) is 4.92. The van der Waals surface area contributed by atoms with E-state index >= 15 is 0 Å². The Morgan fingerprint density at radius 2 is 1.89 bits per heavy atom. The van der Waals surface area contributed by atoms with Gasteiger partial charge < -0.3 is 4.74 Å². The molecular weight excluding hydrogens is 260 g/mol. The molecule has 0 amide bonds. The summed E-state index contributed by atoms with van der Waals surface area (Å²) in [6, 6.07) is 13.2. The van der Waals surface area contributed by atoms with E-state index in [4.69, 9.17) is 16.3 Å². The van der Waals surface area contributed by atoms with Gasteiger partial charge in [0.05, 0.1) is 11.1 Å². The monoisotopic (exact) mass is 274 g/mol. The van der Waals surface area contributed by atoms with Gasteiger partial charge in [0.1, 0.15) is 5.75 Å². The summed E-state index contributed by atoms with van der Waals surface area (Å²) in [5.74, 6) is 0.812. The van der Waals surface area contributed by atoms with Crippen LogP contribution in [0.1, 0.15) is 24.2 Å². The second kappa shape index (κ2) is 5.89. The number of rotatable bonds is 4. The van der Waals surface area contributed by atoms with E-state index in [0.717, 1.165) is 23.2 Å². The Morgan fingerprint density at radius 1 is 1.16 bits per heavy atom. The van der Waals surface area contributed by atoms with Gasteiger partial charge >= 0.3 is 0 Å². The molecule has 2 rings (SSSR count). The van der Waals surface area contributed by atoms with Crippen molar-refractivity contribution in [2.75, 3.05) is 0 Å². The van der Waals surface area contributed by atoms with Crippen molar-refractivity contribution < 1.29 is 9.53 Å². The predicted octanol–water partition coefficient (Wildman–Crippen LogP) is 4.61. The normalized spacial score (nSPS) is 10.5. The smallest absolute Gasteiger partial charge is 0.151 e. The number of ether oxygens (including phenoxy) is 1. The van der Waals surface area contributed by atoms with Gasteiger partial charge in [-0.05, 0) is 37.6 Å². The van der Waals surface area contributed by atoms with Crippen LogP contribution in [0.3, 0.4) is 0 Å². The van der Waals surface area contributed by atoms with Crippen LogP contribution in [-0.4, -0.2) is 12.4 Å². The maximum absolute atomic E-state index is 10.8. The third-order valence-electron chi connectivity index (χ3n) is 2.69. The fraction of sp³-hybridized carbons (Fsp3) is 0.188. The Balaban J connectivity index is 2.46. The van der Waals surface area contributed by atoms with Gasteiger partial charge in [-0.25, -0.2) is 0 Å². The van der Waals surface area contributed by atoms with Crippen molar-refractivity contribution in [2.24, 2.45) is 0 Å². The number of hydrogen-bond donors (Lipinski definition) is 0. The summed E-state index contributed by atoms with van der Waals surface area (Å²) in [7, 11) is 0. The van der Waals surface area contributed by atoms with Crippen LogP contribution in [-0.2, 0) is 0 Å². The molecule has 0 aromatic heterocycles. The summed E-state index contributed by atoms with van der Waals surface area (Å²) in [5, 5.41) is 0.451. The topological polar surface area (TPSA) is 26.3 Å². The molecule has 98 valence electrons. The zero-order valence-corrected chi connectivity index (χ0v) is 11.6. The summed E-state index contributed by atoms with van der Waals surface area (Å²) in [4.78, 5) is 10.8. The molecule has 0 spiro atoms. The SMILES string of the molecule is CC(C)Oc1ccccc1-c1ccc(C=O)c(Cl)c1. The Kier molecular flexibility index (Phi) is 4.23. The first-order chi connectivity index (χ1) is 9.11. The molecule has 0 fully saturated rings. The molecule has 0 heterocycles. The standard InChI is InChI=1S/C16H15ClO2/c1-11(2)19-16-6-4-3-5-14(16)12-7-8-13(10-18)15(17)9-12/h3-11H,1-2H3. The van der Waals surface area contributed by atoms with Gasteiger partial charge in [-0.15, -0.1) is 0 Å². The van der Waals surface area contributed by atoms with Crippen molar-refractivity contribution in [1.82, 2.24) is 0 Å². The molecule has 2 aromatic carbocycles. The molecule has 3 heteroatoms. The van der Waals surface area contributed by atoms with E-state index in [1.165, 1.54) is 0 Å². The minimum atomic E-state index is 0.103. The van der Waals surface area contributed by atoms with Crippen LogP contribution < -0.4 is 4.74 Å². The number of hydrogen-bond acceptors (Lipinski definition) is 2. The highest BCUT2D eigenvalue weighted by Gasteiger charge is 2.09. The van der Waals surface area contributed by atoms with Crippen molar-refractivity contribution in [3.8, 4) is 16.9 Å². The molecule has 0 bridgehead atoms. The number of carbonyl (C=O) groups is 1. The largest absolute Gasteiger partial charge is 0.490 e. The molecule has 2 nitrogen and oxygen atoms in total. The molecule has 2 aromatic rings. The summed E-state index contributed by atoms with van der Waals surface area (Å²) < 4.78 is 5.78. The summed E-state index contributed by atoms with van der Waals surface area (Å²) in [6.45, 7) is 3.97. The highest BCUT2D eigenvalue weighted by Crippen LogP contribution is 2.32. The van der Waals surface area contributed by atoms with Gasteiger partial charge in [0.2, 0.25) is 0 Å². The molecule has 19 heavy (non-hydrogen) atoms. The van der Waals surface area contributed by atoms with Crippen LogP contribution in [0.5, 0.6) is 5.75 Å². The van der Waals surface area contributed by atoms with E-state index in [-0.39, 0.29) is 6.10 Å². The lowest BCUT2D eigenvalue weighted by molar-refractivity contribution is 0.112. The third kappa shape index (κ3) is 3.15. The van der Waals surface area contributed by atoms with Crippen LogP contribution in [0.15, 0.2) is 42.5 Å². The summed E-state index contributed by atoms with van der Waals surface area (Å²) in [5.41, 5.74) is 2.40. The first kappa shape index (κ1) is 13.6. The molecule has 0 aliphatic rings. The van der Waals surface area contributed by atoms with E-state index in [1.54, 1.807) is 12.1 Å². The van der Waals surface area contributed by atoms with Gasteiger partial charge in [-0.2, -0.15) is 0 Å². The van der Waals surface area contributed by atoms with Crippen LogP contribution in [0.2, 0.25) is 5.02 Å². The molecule has 0 saturated carbocycles. The van der Waals surface area contributed by atoms with Crippen molar-refractivity contribution >= 4 is 17.9 Å². The maximum Gasteiger partial charge on any atom is 0.151 e. The number of benzene rings is 2. The quantitative estimate of drug-likeness (QED) is 0.761. The summed E-state index contributed by atoms with van der Waals surface area (Å²) in [6.07, 6.45) is 0.855. The fourth-order valence-corrected chi connectivity index (χ4v) is 2.08. The van der Waals surface area contributed by atoms with Gasteiger partial charge in [0.15, 0.2) is 6.29 Å². The van der Waals surface area contributed by atoms with E-state index < -0.39 is 0 Å². The number of carbonyl (C=O) groups excluding carboxylic acids is 1. The first-order valence-electron chi connectivity index (χ1n) is 6.12. The molecule has 0 radical (unpaired) electrons. The first-order valence-corrected chi connectivity index (χ1v) is 6.50. The average Bonchev–Trinajstić information content (AvgIpc) is 2.38. The molecule has 0 aliphatic heterocycles. The van der Waals surface area contributed by atoms with Crippen molar-refractivity contribution in [3.05, 3.63) is 53.1 Å². The third-order valence-corrected chi connectivity index (χ3v) is 3.02. The number of para-hydroxylation sites is 1. The molecular formula is C16H15ClO2. The summed E-state index contributed by atoms with van der Waals surface area (Å²) >= 11 is 6.07. The van der Waals surface area contributed by atoms with Crippen LogP contribution in [0.4, 0.5) is 0 Å². The van der Waals surface area contributed by atoms with Crippen LogP contribution >= 0.6 is 11.6 Å². The second-order valence-electron chi connectivity index (χ2n) is 4.52. The lowest BCUT2D eigenvalue weighted by Gasteiger charge is -2.14. The van der Waals surface area contributed by atoms with E-state index in [9.17, 15) is 4.79 Å². The van der Waals surface area contributed by atoms with Crippen LogP contribution in [0, 0.1) is 0 Å². The van der Waals surface area contributed by atoms with Gasteiger partial charge in [0.25, 0.3) is 0 Å². The predicted molar refractivity (Wildman–Crippen MR) is 78.0 cm³/mol. The highest BCUT2D eigenvalue weighted by atomic mass is 35.5. The molecule has 0 N–H and O–H groups in total. The number of halogens is 1. The van der Waals surface area contributed by atoms with Gasteiger partial charge in [-0.3, -0.25) is 4.79 Å². The van der Waals surface area contributed by atoms with E-state index in [1.807, 2.05) is 44.2 Å².